The van der Waals surface area contributed by atoms with Crippen molar-refractivity contribution in [3.05, 3.63) is 53.2 Å². The second kappa shape index (κ2) is 5.81. The van der Waals surface area contributed by atoms with Gasteiger partial charge in [-0.15, -0.1) is 0 Å². The Balaban J connectivity index is 1.68. The number of piperidine rings is 1. The molecule has 0 bridgehead atoms. The summed E-state index contributed by atoms with van der Waals surface area (Å²) in [4.78, 5) is 42.2. The predicted octanol–water partition coefficient (Wildman–Crippen LogP) is 1.82. The molecule has 3 heterocycles. The van der Waals surface area contributed by atoms with E-state index in [1.165, 1.54) is 0 Å². The van der Waals surface area contributed by atoms with Crippen molar-refractivity contribution in [2.75, 3.05) is 0 Å². The lowest BCUT2D eigenvalue weighted by Crippen LogP contribution is -2.52. The van der Waals surface area contributed by atoms with Crippen LogP contribution in [0, 0.1) is 6.92 Å². The van der Waals surface area contributed by atoms with Crippen molar-refractivity contribution in [2.24, 2.45) is 0 Å². The van der Waals surface area contributed by atoms with Gasteiger partial charge < -0.3 is 4.90 Å². The maximum absolute atomic E-state index is 12.8. The Kier molecular flexibility index (Phi) is 3.60. The zero-order chi connectivity index (χ0) is 17.6. The fourth-order valence-electron chi connectivity index (χ4n) is 3.60. The van der Waals surface area contributed by atoms with Crippen LogP contribution < -0.4 is 5.32 Å². The maximum atomic E-state index is 12.8. The molecule has 6 nitrogen and oxygen atoms in total. The van der Waals surface area contributed by atoms with Crippen molar-refractivity contribution in [3.8, 4) is 11.3 Å². The number of amides is 3. The SMILES string of the molecule is Cc1cc(-c2ccccn2)cc2c1C(=O)N(C1CCC(=O)NC1=O)C2. The smallest absolute Gasteiger partial charge is 0.255 e. The molecular weight excluding hydrogens is 318 g/mol. The molecule has 1 unspecified atom stereocenters. The van der Waals surface area contributed by atoms with E-state index in [9.17, 15) is 14.4 Å². The lowest BCUT2D eigenvalue weighted by molar-refractivity contribution is -0.136. The van der Waals surface area contributed by atoms with Crippen molar-refractivity contribution < 1.29 is 14.4 Å². The monoisotopic (exact) mass is 335 g/mol. The van der Waals surface area contributed by atoms with E-state index in [1.807, 2.05) is 37.3 Å². The number of imide groups is 1. The molecule has 6 heteroatoms. The van der Waals surface area contributed by atoms with Gasteiger partial charge in [-0.25, -0.2) is 0 Å². The quantitative estimate of drug-likeness (QED) is 0.849. The number of aromatic nitrogens is 1. The first kappa shape index (κ1) is 15.5. The molecule has 3 amide bonds. The summed E-state index contributed by atoms with van der Waals surface area (Å²) in [5, 5.41) is 2.32. The minimum absolute atomic E-state index is 0.144. The van der Waals surface area contributed by atoms with E-state index in [-0.39, 0.29) is 24.1 Å². The third-order valence-electron chi connectivity index (χ3n) is 4.78. The van der Waals surface area contributed by atoms with Crippen molar-refractivity contribution in [1.29, 1.82) is 0 Å². The molecule has 1 N–H and O–H groups in total. The first-order chi connectivity index (χ1) is 12.0. The van der Waals surface area contributed by atoms with Gasteiger partial charge in [0.2, 0.25) is 11.8 Å². The van der Waals surface area contributed by atoms with Gasteiger partial charge in [0.1, 0.15) is 6.04 Å². The average Bonchev–Trinajstić information content (AvgIpc) is 2.93. The number of carbonyl (C=O) groups is 3. The fourth-order valence-corrected chi connectivity index (χ4v) is 3.60. The van der Waals surface area contributed by atoms with Crippen molar-refractivity contribution in [2.45, 2.75) is 32.4 Å². The molecule has 126 valence electrons. The van der Waals surface area contributed by atoms with Gasteiger partial charge in [0.25, 0.3) is 5.91 Å². The van der Waals surface area contributed by atoms with Crippen molar-refractivity contribution in [3.63, 3.8) is 0 Å². The molecule has 0 saturated carbocycles. The topological polar surface area (TPSA) is 79.4 Å². The molecular formula is C19H17N3O3. The first-order valence-electron chi connectivity index (χ1n) is 8.24. The molecule has 0 spiro atoms. The number of hydrogen-bond donors (Lipinski definition) is 1. The van der Waals surface area contributed by atoms with E-state index < -0.39 is 6.04 Å². The van der Waals surface area contributed by atoms with Crippen LogP contribution in [-0.2, 0) is 16.1 Å². The second-order valence-corrected chi connectivity index (χ2v) is 6.44. The Morgan fingerprint density at radius 3 is 2.76 bits per heavy atom. The number of fused-ring (bicyclic) bond motifs is 1. The zero-order valence-electron chi connectivity index (χ0n) is 13.8. The van der Waals surface area contributed by atoms with E-state index in [4.69, 9.17) is 0 Å². The molecule has 1 aromatic heterocycles. The summed E-state index contributed by atoms with van der Waals surface area (Å²) < 4.78 is 0. The van der Waals surface area contributed by atoms with Gasteiger partial charge >= 0.3 is 0 Å². The zero-order valence-corrected chi connectivity index (χ0v) is 13.8. The highest BCUT2D eigenvalue weighted by Crippen LogP contribution is 2.33. The summed E-state index contributed by atoms with van der Waals surface area (Å²) in [7, 11) is 0. The normalized spacial score (nSPS) is 19.8. The second-order valence-electron chi connectivity index (χ2n) is 6.44. The molecule has 1 aromatic carbocycles. The lowest BCUT2D eigenvalue weighted by Gasteiger charge is -2.29. The van der Waals surface area contributed by atoms with Gasteiger partial charge in [-0.05, 0) is 48.7 Å². The number of hydrogen-bond acceptors (Lipinski definition) is 4. The summed E-state index contributed by atoms with van der Waals surface area (Å²) in [6, 6.07) is 9.04. The van der Waals surface area contributed by atoms with Crippen LogP contribution in [0.3, 0.4) is 0 Å². The summed E-state index contributed by atoms with van der Waals surface area (Å²) in [6.45, 7) is 2.28. The minimum atomic E-state index is -0.588. The number of pyridine rings is 1. The van der Waals surface area contributed by atoms with E-state index >= 15 is 0 Å². The highest BCUT2D eigenvalue weighted by molar-refractivity contribution is 6.06. The Bertz CT molecular complexity index is 892. The Morgan fingerprint density at radius 2 is 2.04 bits per heavy atom. The predicted molar refractivity (Wildman–Crippen MR) is 90.5 cm³/mol. The highest BCUT2D eigenvalue weighted by Gasteiger charge is 2.39. The Morgan fingerprint density at radius 1 is 1.20 bits per heavy atom. The van der Waals surface area contributed by atoms with E-state index in [2.05, 4.69) is 10.3 Å². The number of carbonyl (C=O) groups excluding carboxylic acids is 3. The molecule has 1 atom stereocenters. The van der Waals surface area contributed by atoms with Gasteiger partial charge in [0.05, 0.1) is 5.69 Å². The summed E-state index contributed by atoms with van der Waals surface area (Å²) in [6.07, 6.45) is 2.37. The van der Waals surface area contributed by atoms with E-state index in [0.29, 0.717) is 18.5 Å². The Labute approximate surface area is 144 Å². The maximum Gasteiger partial charge on any atom is 0.255 e. The first-order valence-corrected chi connectivity index (χ1v) is 8.24. The number of aryl methyl sites for hydroxylation is 1. The van der Waals surface area contributed by atoms with Crippen LogP contribution in [0.25, 0.3) is 11.3 Å². The van der Waals surface area contributed by atoms with Gasteiger partial charge in [-0.2, -0.15) is 0 Å². The average molecular weight is 335 g/mol. The third kappa shape index (κ3) is 2.59. The lowest BCUT2D eigenvalue weighted by atomic mass is 9.98. The standard InChI is InChI=1S/C19H17N3O3/c1-11-8-12(14-4-2-3-7-20-14)9-13-10-22(19(25)17(11)13)15-5-6-16(23)21-18(15)24/h2-4,7-9,15H,5-6,10H2,1H3,(H,21,23,24). The fraction of sp³-hybridized carbons (Fsp3) is 0.263. The molecule has 0 aliphatic carbocycles. The molecule has 2 aromatic rings. The summed E-state index contributed by atoms with van der Waals surface area (Å²) in [5.41, 5.74) is 4.23. The molecule has 1 fully saturated rings. The van der Waals surface area contributed by atoms with Crippen molar-refractivity contribution >= 4 is 17.7 Å². The molecule has 2 aliphatic heterocycles. The van der Waals surface area contributed by atoms with Crippen LogP contribution in [0.1, 0.15) is 34.3 Å². The number of benzene rings is 1. The van der Waals surface area contributed by atoms with Crippen LogP contribution in [0.2, 0.25) is 0 Å². The molecule has 1 saturated heterocycles. The van der Waals surface area contributed by atoms with Gasteiger partial charge in [-0.1, -0.05) is 6.07 Å². The minimum Gasteiger partial charge on any atom is -0.322 e. The van der Waals surface area contributed by atoms with Crippen molar-refractivity contribution in [1.82, 2.24) is 15.2 Å². The molecule has 25 heavy (non-hydrogen) atoms. The number of rotatable bonds is 2. The molecule has 2 aliphatic rings. The third-order valence-corrected chi connectivity index (χ3v) is 4.78. The van der Waals surface area contributed by atoms with Gasteiger partial charge in [0, 0.05) is 30.3 Å². The summed E-state index contributed by atoms with van der Waals surface area (Å²) in [5.74, 6) is -0.811. The van der Waals surface area contributed by atoms with Crippen LogP contribution in [0.4, 0.5) is 0 Å². The van der Waals surface area contributed by atoms with Crippen LogP contribution >= 0.6 is 0 Å². The highest BCUT2D eigenvalue weighted by atomic mass is 16.2. The van der Waals surface area contributed by atoms with Crippen LogP contribution in [-0.4, -0.2) is 33.6 Å². The van der Waals surface area contributed by atoms with Gasteiger partial charge in [-0.3, -0.25) is 24.7 Å². The van der Waals surface area contributed by atoms with E-state index in [1.54, 1.807) is 11.1 Å². The molecule has 0 radical (unpaired) electrons. The van der Waals surface area contributed by atoms with Crippen LogP contribution in [0.5, 0.6) is 0 Å². The summed E-state index contributed by atoms with van der Waals surface area (Å²) >= 11 is 0. The largest absolute Gasteiger partial charge is 0.322 e. The number of nitrogens with one attached hydrogen (secondary N) is 1. The number of nitrogens with zero attached hydrogens (tertiary/aromatic N) is 2. The van der Waals surface area contributed by atoms with Crippen LogP contribution in [0.15, 0.2) is 36.5 Å². The van der Waals surface area contributed by atoms with Gasteiger partial charge in [0.15, 0.2) is 0 Å². The molecule has 4 rings (SSSR count). The van der Waals surface area contributed by atoms with E-state index in [0.717, 1.165) is 22.4 Å². The Hall–Kier alpha value is -3.02.